The monoisotopic (exact) mass is 745 g/mol. The summed E-state index contributed by atoms with van der Waals surface area (Å²) in [6, 6.07) is -0.494. The number of rotatable bonds is 8. The number of cyclic esters (lactones) is 1. The fraction of sp³-hybridized carbons (Fsp3) is 0.974. The molecule has 0 aromatic rings. The van der Waals surface area contributed by atoms with Crippen LogP contribution in [0.15, 0.2) is 0 Å². The van der Waals surface area contributed by atoms with E-state index < -0.39 is 89.4 Å². The van der Waals surface area contributed by atoms with Crippen molar-refractivity contribution in [2.45, 2.75) is 198 Å². The molecule has 4 rings (SSSR count). The van der Waals surface area contributed by atoms with Gasteiger partial charge in [-0.05, 0) is 93.0 Å². The van der Waals surface area contributed by atoms with E-state index in [-0.39, 0.29) is 31.0 Å². The highest BCUT2D eigenvalue weighted by atomic mass is 16.7. The van der Waals surface area contributed by atoms with Crippen LogP contribution in [0.2, 0.25) is 0 Å². The van der Waals surface area contributed by atoms with Gasteiger partial charge in [0.1, 0.15) is 35.1 Å². The molecule has 0 saturated carbocycles. The van der Waals surface area contributed by atoms with Gasteiger partial charge in [-0.2, -0.15) is 0 Å². The van der Waals surface area contributed by atoms with E-state index in [9.17, 15) is 25.2 Å². The van der Waals surface area contributed by atoms with Crippen molar-refractivity contribution in [1.29, 1.82) is 0 Å². The predicted molar refractivity (Wildman–Crippen MR) is 193 cm³/mol. The zero-order chi connectivity index (χ0) is 39.0. The molecular weight excluding hydrogens is 674 g/mol. The molecule has 4 saturated heterocycles. The summed E-state index contributed by atoms with van der Waals surface area (Å²) in [6.07, 6.45) is -4.69. The van der Waals surface area contributed by atoms with Crippen molar-refractivity contribution in [3.05, 3.63) is 0 Å². The van der Waals surface area contributed by atoms with Crippen molar-refractivity contribution >= 4 is 5.97 Å². The number of hydrogen-bond donors (Lipinski definition) is 4. The second-order valence-electron chi connectivity index (χ2n) is 17.2. The van der Waals surface area contributed by atoms with Gasteiger partial charge in [0.15, 0.2) is 12.6 Å². The molecule has 4 N–H and O–H groups in total. The minimum Gasteiger partial charge on any atom is -0.459 e. The highest BCUT2D eigenvalue weighted by Crippen LogP contribution is 2.51. The van der Waals surface area contributed by atoms with E-state index in [2.05, 4.69) is 11.8 Å². The number of aliphatic hydroxyl groups is 4. The smallest absolute Gasteiger partial charge is 0.311 e. The van der Waals surface area contributed by atoms with Gasteiger partial charge in [0, 0.05) is 32.0 Å². The normalized spacial score (nSPS) is 50.3. The number of aliphatic hydroxyl groups excluding tert-OH is 2. The Morgan fingerprint density at radius 3 is 2.17 bits per heavy atom. The molecule has 304 valence electrons. The minimum atomic E-state index is -1.77. The lowest BCUT2D eigenvalue weighted by Crippen LogP contribution is -2.61. The van der Waals surface area contributed by atoms with Gasteiger partial charge >= 0.3 is 5.97 Å². The van der Waals surface area contributed by atoms with Crippen molar-refractivity contribution in [1.82, 2.24) is 4.90 Å². The molecule has 4 aliphatic heterocycles. The molecule has 0 bridgehead atoms. The third-order valence-electron chi connectivity index (χ3n) is 12.7. The van der Waals surface area contributed by atoms with Gasteiger partial charge in [0.05, 0.1) is 42.5 Å². The van der Waals surface area contributed by atoms with Crippen LogP contribution in [0.25, 0.3) is 0 Å². The van der Waals surface area contributed by atoms with Crippen LogP contribution in [-0.4, -0.2) is 142 Å². The number of epoxide rings is 1. The van der Waals surface area contributed by atoms with Crippen LogP contribution < -0.4 is 0 Å². The van der Waals surface area contributed by atoms with Crippen molar-refractivity contribution in [3.8, 4) is 0 Å². The van der Waals surface area contributed by atoms with Crippen LogP contribution in [0, 0.1) is 17.8 Å². The second-order valence-corrected chi connectivity index (χ2v) is 17.2. The number of nitrogens with zero attached hydrogens (tertiary/aromatic N) is 1. The minimum absolute atomic E-state index is 0.1000. The maximum atomic E-state index is 14.3. The van der Waals surface area contributed by atoms with Crippen LogP contribution in [0.5, 0.6) is 0 Å². The maximum Gasteiger partial charge on any atom is 0.311 e. The average Bonchev–Trinajstić information content (AvgIpc) is 3.89. The SMILES string of the molecule is CCCN1C[C@H](C)C[C@@](C)(O)[C@H](O[C@@H]2O[C@H](C)CC[C@H]2O)[C@@H](C)[C@H](O[C@H]2C[C@@](C)(OC)[C@]3(CO3)[C@H](C)O2)[C@@H](C)C(=O)O[C@H](CC)[C@@](C)(O)[C@H](O)[C@H]1C. The van der Waals surface area contributed by atoms with Crippen LogP contribution in [0.4, 0.5) is 0 Å². The highest BCUT2D eigenvalue weighted by Gasteiger charge is 2.67. The molecule has 0 unspecified atom stereocenters. The zero-order valence-electron chi connectivity index (χ0n) is 33.9. The third-order valence-corrected chi connectivity index (χ3v) is 12.7. The summed E-state index contributed by atoms with van der Waals surface area (Å²) in [5.74, 6) is -2.37. The number of ether oxygens (including phenoxy) is 7. The Morgan fingerprint density at radius 1 is 0.942 bits per heavy atom. The molecule has 0 radical (unpaired) electrons. The lowest BCUT2D eigenvalue weighted by molar-refractivity contribution is -0.310. The Kier molecular flexibility index (Phi) is 14.3. The summed E-state index contributed by atoms with van der Waals surface area (Å²) in [7, 11) is 1.64. The van der Waals surface area contributed by atoms with Gasteiger partial charge in [-0.15, -0.1) is 0 Å². The van der Waals surface area contributed by atoms with Crippen molar-refractivity contribution in [3.63, 3.8) is 0 Å². The summed E-state index contributed by atoms with van der Waals surface area (Å²) in [5.41, 5.74) is -4.62. The number of hydrogen-bond acceptors (Lipinski definition) is 13. The molecule has 0 aromatic heterocycles. The van der Waals surface area contributed by atoms with E-state index in [0.29, 0.717) is 39.0 Å². The first-order valence-corrected chi connectivity index (χ1v) is 19.7. The molecule has 1 spiro atoms. The largest absolute Gasteiger partial charge is 0.459 e. The molecule has 0 aromatic carbocycles. The lowest BCUT2D eigenvalue weighted by Gasteiger charge is -2.48. The second kappa shape index (κ2) is 17.0. The van der Waals surface area contributed by atoms with E-state index in [1.807, 2.05) is 41.5 Å². The van der Waals surface area contributed by atoms with E-state index in [1.165, 1.54) is 6.92 Å². The summed E-state index contributed by atoms with van der Waals surface area (Å²) in [5, 5.41) is 47.1. The lowest BCUT2D eigenvalue weighted by atomic mass is 9.77. The van der Waals surface area contributed by atoms with Gasteiger partial charge in [-0.3, -0.25) is 9.69 Å². The Balaban J connectivity index is 1.80. The van der Waals surface area contributed by atoms with Gasteiger partial charge < -0.3 is 53.6 Å². The number of methoxy groups -OCH3 is 1. The Hall–Kier alpha value is -0.970. The first-order valence-electron chi connectivity index (χ1n) is 19.7. The molecule has 13 heteroatoms. The molecule has 13 nitrogen and oxygen atoms in total. The van der Waals surface area contributed by atoms with Crippen LogP contribution in [0.1, 0.15) is 115 Å². The molecule has 52 heavy (non-hydrogen) atoms. The van der Waals surface area contributed by atoms with E-state index in [4.69, 9.17) is 33.2 Å². The van der Waals surface area contributed by atoms with E-state index in [0.717, 1.165) is 6.42 Å². The van der Waals surface area contributed by atoms with Gasteiger partial charge in [-0.25, -0.2) is 0 Å². The fourth-order valence-corrected chi connectivity index (χ4v) is 9.25. The van der Waals surface area contributed by atoms with Crippen molar-refractivity contribution < 1.29 is 58.4 Å². The summed E-state index contributed by atoms with van der Waals surface area (Å²) >= 11 is 0. The molecular formula is C39H71NO12. The van der Waals surface area contributed by atoms with Crippen molar-refractivity contribution in [2.75, 3.05) is 26.8 Å². The molecule has 17 atom stereocenters. The number of esters is 1. The molecule has 0 aliphatic carbocycles. The number of carbonyl (C=O) groups is 1. The Bertz CT molecular complexity index is 1170. The van der Waals surface area contributed by atoms with Crippen LogP contribution in [-0.2, 0) is 38.0 Å². The van der Waals surface area contributed by atoms with Gasteiger partial charge in [-0.1, -0.05) is 27.7 Å². The predicted octanol–water partition coefficient (Wildman–Crippen LogP) is 3.55. The van der Waals surface area contributed by atoms with E-state index >= 15 is 0 Å². The molecule has 4 fully saturated rings. The van der Waals surface area contributed by atoms with E-state index in [1.54, 1.807) is 27.9 Å². The standard InChI is InChI=1S/C39H71NO12/c1-13-17-40-20-22(3)18-36(9,44)33(52-35-28(41)16-15-23(4)48-35)24(5)31(51-30-19-37(10,46-12)39(21-47-39)27(8)49-30)25(6)34(43)50-29(14-2)38(11,45)32(42)26(40)7/h22-33,35,41-42,44-45H,13-21H2,1-12H3/t22-,23-,24+,25-,26-,27+,28-,29-,30+,31+,32-,33-,35+,36-,37-,38-,39+/m1/s1. The summed E-state index contributed by atoms with van der Waals surface area (Å²) < 4.78 is 44.0. The maximum absolute atomic E-state index is 14.3. The first kappa shape index (κ1) is 43.8. The average molecular weight is 746 g/mol. The quantitative estimate of drug-likeness (QED) is 0.211. The van der Waals surface area contributed by atoms with Gasteiger partial charge in [0.25, 0.3) is 0 Å². The topological polar surface area (TPSA) is 169 Å². The van der Waals surface area contributed by atoms with Gasteiger partial charge in [0.2, 0.25) is 0 Å². The molecule has 4 aliphatic rings. The summed E-state index contributed by atoms with van der Waals surface area (Å²) in [4.78, 5) is 16.4. The Labute approximate surface area is 311 Å². The summed E-state index contributed by atoms with van der Waals surface area (Å²) in [6.45, 7) is 22.0. The zero-order valence-corrected chi connectivity index (χ0v) is 33.9. The first-order chi connectivity index (χ1) is 24.2. The molecule has 4 heterocycles. The van der Waals surface area contributed by atoms with Crippen LogP contribution >= 0.6 is 0 Å². The van der Waals surface area contributed by atoms with Crippen LogP contribution in [0.3, 0.4) is 0 Å². The Morgan fingerprint density at radius 2 is 1.60 bits per heavy atom. The van der Waals surface area contributed by atoms with Crippen molar-refractivity contribution in [2.24, 2.45) is 17.8 Å². The number of carbonyl (C=O) groups excluding carboxylic acids is 1. The fourth-order valence-electron chi connectivity index (χ4n) is 9.25. The third kappa shape index (κ3) is 9.01. The highest BCUT2D eigenvalue weighted by molar-refractivity contribution is 5.73. The molecule has 0 amide bonds.